The van der Waals surface area contributed by atoms with Crippen LogP contribution in [0.2, 0.25) is 0 Å². The zero-order chi connectivity index (χ0) is 20.3. The molecule has 3 fully saturated rings. The Balaban J connectivity index is 1.52. The monoisotopic (exact) mass is 399 g/mol. The van der Waals surface area contributed by atoms with Crippen LogP contribution in [0.5, 0.6) is 0 Å². The molecule has 0 aliphatic carbocycles. The van der Waals surface area contributed by atoms with Crippen molar-refractivity contribution in [1.82, 2.24) is 15.1 Å². The molecule has 1 atom stereocenters. The van der Waals surface area contributed by atoms with E-state index >= 15 is 0 Å². The van der Waals surface area contributed by atoms with Crippen molar-refractivity contribution in [3.63, 3.8) is 0 Å². The van der Waals surface area contributed by atoms with E-state index in [4.69, 9.17) is 4.74 Å². The zero-order valence-electron chi connectivity index (χ0n) is 17.5. The van der Waals surface area contributed by atoms with Crippen LogP contribution in [0.25, 0.3) is 0 Å². The summed E-state index contributed by atoms with van der Waals surface area (Å²) in [5, 5.41) is 3.31. The second-order valence-corrected chi connectivity index (χ2v) is 8.67. The van der Waals surface area contributed by atoms with E-state index in [9.17, 15) is 9.59 Å². The molecule has 0 saturated carbocycles. The number of ether oxygens (including phenoxy) is 1. The van der Waals surface area contributed by atoms with E-state index in [0.29, 0.717) is 25.9 Å². The average molecular weight is 400 g/mol. The fourth-order valence-corrected chi connectivity index (χ4v) is 5.43. The molecule has 3 saturated heterocycles. The van der Waals surface area contributed by atoms with E-state index in [0.717, 1.165) is 51.7 Å². The molecular formula is C23H33N3O3. The maximum Gasteiger partial charge on any atom is 0.255 e. The summed E-state index contributed by atoms with van der Waals surface area (Å²) in [7, 11) is 1.64. The Labute approximate surface area is 173 Å². The van der Waals surface area contributed by atoms with Gasteiger partial charge in [-0.05, 0) is 63.6 Å². The van der Waals surface area contributed by atoms with E-state index in [1.165, 1.54) is 5.56 Å². The molecule has 0 radical (unpaired) electrons. The van der Waals surface area contributed by atoms with Gasteiger partial charge in [0.2, 0.25) is 5.91 Å². The lowest BCUT2D eigenvalue weighted by Gasteiger charge is -2.48. The van der Waals surface area contributed by atoms with E-state index in [-0.39, 0.29) is 11.8 Å². The fraction of sp³-hybridized carbons (Fsp3) is 0.652. The van der Waals surface area contributed by atoms with Gasteiger partial charge in [-0.1, -0.05) is 30.3 Å². The maximum atomic E-state index is 13.7. The molecule has 0 bridgehead atoms. The van der Waals surface area contributed by atoms with Gasteiger partial charge in [0, 0.05) is 26.7 Å². The van der Waals surface area contributed by atoms with E-state index in [1.54, 1.807) is 7.11 Å². The van der Waals surface area contributed by atoms with Crippen LogP contribution in [-0.2, 0) is 20.7 Å². The van der Waals surface area contributed by atoms with Crippen LogP contribution in [0.15, 0.2) is 30.3 Å². The first kappa shape index (κ1) is 20.4. The standard InChI is InChI=1S/C23H33N3O3/c1-29-23(12-14-24-15-13-23)21(28)26-17-6-11-22(26)10-5-16-25(20(22)27)18-9-19-7-3-2-4-8-19/h2-4,7-8,24H,5-6,9-18H2,1H3. The number of likely N-dealkylation sites (tertiary alicyclic amines) is 2. The Kier molecular flexibility index (Phi) is 5.93. The molecule has 3 heterocycles. The summed E-state index contributed by atoms with van der Waals surface area (Å²) in [4.78, 5) is 31.2. The third-order valence-corrected chi connectivity index (χ3v) is 7.14. The Hall–Kier alpha value is -1.92. The smallest absolute Gasteiger partial charge is 0.255 e. The minimum absolute atomic E-state index is 0.0252. The molecule has 1 aromatic carbocycles. The number of carbonyl (C=O) groups excluding carboxylic acids is 2. The predicted molar refractivity (Wildman–Crippen MR) is 111 cm³/mol. The molecule has 1 aromatic rings. The van der Waals surface area contributed by atoms with Crippen LogP contribution in [0.4, 0.5) is 0 Å². The molecule has 158 valence electrons. The van der Waals surface area contributed by atoms with Gasteiger partial charge in [-0.3, -0.25) is 9.59 Å². The molecule has 1 spiro atoms. The van der Waals surface area contributed by atoms with Crippen molar-refractivity contribution in [2.24, 2.45) is 0 Å². The topological polar surface area (TPSA) is 61.9 Å². The van der Waals surface area contributed by atoms with Crippen LogP contribution < -0.4 is 5.32 Å². The minimum Gasteiger partial charge on any atom is -0.368 e. The summed E-state index contributed by atoms with van der Waals surface area (Å²) in [5.74, 6) is 0.169. The van der Waals surface area contributed by atoms with Crippen molar-refractivity contribution < 1.29 is 14.3 Å². The van der Waals surface area contributed by atoms with Gasteiger partial charge >= 0.3 is 0 Å². The first-order chi connectivity index (χ1) is 14.1. The molecule has 29 heavy (non-hydrogen) atoms. The van der Waals surface area contributed by atoms with Crippen molar-refractivity contribution in [3.05, 3.63) is 35.9 Å². The lowest BCUT2D eigenvalue weighted by Crippen LogP contribution is -2.66. The van der Waals surface area contributed by atoms with Gasteiger partial charge in [0.05, 0.1) is 0 Å². The molecule has 4 rings (SSSR count). The number of nitrogens with one attached hydrogen (secondary N) is 1. The predicted octanol–water partition coefficient (Wildman–Crippen LogP) is 1.98. The number of benzene rings is 1. The van der Waals surface area contributed by atoms with Crippen molar-refractivity contribution in [2.75, 3.05) is 39.8 Å². The molecule has 6 nitrogen and oxygen atoms in total. The third-order valence-electron chi connectivity index (χ3n) is 7.14. The van der Waals surface area contributed by atoms with Crippen molar-refractivity contribution in [3.8, 4) is 0 Å². The largest absolute Gasteiger partial charge is 0.368 e. The normalized spacial score (nSPS) is 26.9. The fourth-order valence-electron chi connectivity index (χ4n) is 5.43. The first-order valence-electron chi connectivity index (χ1n) is 11.0. The Morgan fingerprint density at radius 3 is 2.45 bits per heavy atom. The number of nitrogens with zero attached hydrogens (tertiary/aromatic N) is 2. The molecule has 2 amide bonds. The molecule has 3 aliphatic heterocycles. The Morgan fingerprint density at radius 2 is 1.76 bits per heavy atom. The summed E-state index contributed by atoms with van der Waals surface area (Å²) in [6.45, 7) is 3.71. The number of carbonyl (C=O) groups is 2. The SMILES string of the molecule is COC1(C(=O)N2CCCC23CCCN(CCc2ccccc2)C3=O)CCNCC1. The lowest BCUT2D eigenvalue weighted by atomic mass is 9.82. The number of hydrogen-bond donors (Lipinski definition) is 1. The van der Waals surface area contributed by atoms with Gasteiger partial charge in [-0.2, -0.15) is 0 Å². The molecule has 3 aliphatic rings. The third kappa shape index (κ3) is 3.68. The maximum absolute atomic E-state index is 13.7. The number of methoxy groups -OCH3 is 1. The van der Waals surface area contributed by atoms with Crippen molar-refractivity contribution in [1.29, 1.82) is 0 Å². The second kappa shape index (κ2) is 8.44. The molecule has 1 N–H and O–H groups in total. The highest BCUT2D eigenvalue weighted by molar-refractivity contribution is 5.95. The van der Waals surface area contributed by atoms with Gasteiger partial charge in [0.15, 0.2) is 0 Å². The summed E-state index contributed by atoms with van der Waals surface area (Å²) in [5.41, 5.74) is -0.204. The summed E-state index contributed by atoms with van der Waals surface area (Å²) < 4.78 is 5.80. The van der Waals surface area contributed by atoms with Gasteiger partial charge in [0.1, 0.15) is 11.1 Å². The second-order valence-electron chi connectivity index (χ2n) is 8.67. The number of rotatable bonds is 5. The summed E-state index contributed by atoms with van der Waals surface area (Å²) >= 11 is 0. The van der Waals surface area contributed by atoms with Crippen LogP contribution in [0.1, 0.15) is 44.1 Å². The van der Waals surface area contributed by atoms with Crippen LogP contribution in [0, 0.1) is 0 Å². The average Bonchev–Trinajstić information content (AvgIpc) is 3.19. The molecule has 0 aromatic heterocycles. The molecule has 6 heteroatoms. The van der Waals surface area contributed by atoms with Crippen molar-refractivity contribution >= 4 is 11.8 Å². The summed E-state index contributed by atoms with van der Waals surface area (Å²) in [6, 6.07) is 10.3. The highest BCUT2D eigenvalue weighted by atomic mass is 16.5. The Bertz CT molecular complexity index is 732. The molecular weight excluding hydrogens is 366 g/mol. The number of hydrogen-bond acceptors (Lipinski definition) is 4. The molecule has 1 unspecified atom stereocenters. The quantitative estimate of drug-likeness (QED) is 0.823. The van der Waals surface area contributed by atoms with Gasteiger partial charge < -0.3 is 19.9 Å². The van der Waals surface area contributed by atoms with Gasteiger partial charge in [-0.15, -0.1) is 0 Å². The van der Waals surface area contributed by atoms with E-state index < -0.39 is 11.1 Å². The lowest BCUT2D eigenvalue weighted by molar-refractivity contribution is -0.170. The highest BCUT2D eigenvalue weighted by Gasteiger charge is 2.56. The van der Waals surface area contributed by atoms with Gasteiger partial charge in [-0.25, -0.2) is 0 Å². The minimum atomic E-state index is -0.783. The number of amides is 2. The highest BCUT2D eigenvalue weighted by Crippen LogP contribution is 2.41. The Morgan fingerprint density at radius 1 is 1.07 bits per heavy atom. The van der Waals surface area contributed by atoms with Gasteiger partial charge in [0.25, 0.3) is 5.91 Å². The number of piperidine rings is 2. The van der Waals surface area contributed by atoms with Crippen LogP contribution >= 0.6 is 0 Å². The zero-order valence-corrected chi connectivity index (χ0v) is 17.5. The summed E-state index contributed by atoms with van der Waals surface area (Å²) in [6.07, 6.45) is 5.58. The van der Waals surface area contributed by atoms with Crippen LogP contribution in [0.3, 0.4) is 0 Å². The van der Waals surface area contributed by atoms with E-state index in [2.05, 4.69) is 17.4 Å². The first-order valence-corrected chi connectivity index (χ1v) is 11.0. The van der Waals surface area contributed by atoms with E-state index in [1.807, 2.05) is 28.0 Å². The van der Waals surface area contributed by atoms with Crippen LogP contribution in [-0.4, -0.2) is 72.6 Å². The van der Waals surface area contributed by atoms with Crippen molar-refractivity contribution in [2.45, 2.75) is 56.1 Å².